The van der Waals surface area contributed by atoms with Crippen LogP contribution in [-0.4, -0.2) is 28.4 Å². The number of hydrogen-bond acceptors (Lipinski definition) is 3. The van der Waals surface area contributed by atoms with Crippen LogP contribution in [0.25, 0.3) is 11.3 Å². The van der Waals surface area contributed by atoms with Crippen molar-refractivity contribution in [2.24, 2.45) is 0 Å². The normalized spacial score (nSPS) is 10.4. The molecule has 1 aromatic heterocycles. The van der Waals surface area contributed by atoms with Gasteiger partial charge in [0.2, 0.25) is 0 Å². The molecule has 2 N–H and O–H groups in total. The van der Waals surface area contributed by atoms with E-state index in [0.29, 0.717) is 0 Å². The molecule has 0 spiro atoms. The minimum absolute atomic E-state index is 0.101. The number of carbonyl (C=O) groups is 1. The summed E-state index contributed by atoms with van der Waals surface area (Å²) in [7, 11) is 1.37. The summed E-state index contributed by atoms with van der Waals surface area (Å²) in [5.41, 5.74) is 0.135. The second kappa shape index (κ2) is 4.66. The Morgan fingerprint density at radius 3 is 2.83 bits per heavy atom. The van der Waals surface area contributed by atoms with Crippen LogP contribution in [0.2, 0.25) is 5.02 Å². The second-order valence-electron chi connectivity index (χ2n) is 3.42. The monoisotopic (exact) mass is 270 g/mol. The van der Waals surface area contributed by atoms with E-state index < -0.39 is 11.8 Å². The van der Waals surface area contributed by atoms with E-state index in [1.54, 1.807) is 0 Å². The Morgan fingerprint density at radius 1 is 1.56 bits per heavy atom. The lowest BCUT2D eigenvalue weighted by molar-refractivity contribution is 0.0690. The average Bonchev–Trinajstić information content (AvgIpc) is 2.82. The van der Waals surface area contributed by atoms with Crippen LogP contribution in [0, 0.1) is 5.82 Å². The van der Waals surface area contributed by atoms with Crippen LogP contribution in [0.5, 0.6) is 5.75 Å². The van der Waals surface area contributed by atoms with Crippen LogP contribution in [-0.2, 0) is 0 Å². The number of hydrogen-bond donors (Lipinski definition) is 2. The maximum atomic E-state index is 13.9. The predicted molar refractivity (Wildman–Crippen MR) is 62.5 cm³/mol. The maximum absolute atomic E-state index is 13.9. The molecule has 2 rings (SSSR count). The van der Waals surface area contributed by atoms with Crippen LogP contribution in [0.4, 0.5) is 4.39 Å². The first-order chi connectivity index (χ1) is 8.54. The highest BCUT2D eigenvalue weighted by Gasteiger charge is 2.17. The molecule has 0 bridgehead atoms. The number of ether oxygens (including phenoxy) is 1. The zero-order valence-electron chi connectivity index (χ0n) is 9.20. The fourth-order valence-electron chi connectivity index (χ4n) is 1.46. The SMILES string of the molecule is COc1ccc(-c2cc(C(=O)O)[nH]n2)c(F)c1Cl. The number of nitrogens with one attached hydrogen (secondary N) is 1. The zero-order chi connectivity index (χ0) is 13.3. The Bertz CT molecular complexity index is 612. The van der Waals surface area contributed by atoms with Gasteiger partial charge >= 0.3 is 5.97 Å². The van der Waals surface area contributed by atoms with Gasteiger partial charge in [0.15, 0.2) is 5.82 Å². The van der Waals surface area contributed by atoms with E-state index in [2.05, 4.69) is 10.2 Å². The standard InChI is InChI=1S/C11H8ClFN2O3/c1-18-8-3-2-5(10(13)9(8)12)6-4-7(11(16)17)15-14-6/h2-4H,1H3,(H,14,15)(H,16,17). The number of aromatic nitrogens is 2. The third-order valence-corrected chi connectivity index (χ3v) is 2.70. The van der Waals surface area contributed by atoms with Gasteiger partial charge in [-0.25, -0.2) is 9.18 Å². The molecular weight excluding hydrogens is 263 g/mol. The van der Waals surface area contributed by atoms with E-state index in [9.17, 15) is 9.18 Å². The van der Waals surface area contributed by atoms with Crippen LogP contribution < -0.4 is 4.74 Å². The Kier molecular flexibility index (Phi) is 3.20. The highest BCUT2D eigenvalue weighted by Crippen LogP contribution is 2.33. The van der Waals surface area contributed by atoms with Gasteiger partial charge in [0.1, 0.15) is 16.5 Å². The van der Waals surface area contributed by atoms with Crippen LogP contribution in [0.1, 0.15) is 10.5 Å². The van der Waals surface area contributed by atoms with Gasteiger partial charge in [-0.1, -0.05) is 11.6 Å². The molecule has 7 heteroatoms. The number of aromatic amines is 1. The summed E-state index contributed by atoms with van der Waals surface area (Å²) in [5, 5.41) is 14.6. The van der Waals surface area contributed by atoms with Crippen molar-refractivity contribution >= 4 is 17.6 Å². The van der Waals surface area contributed by atoms with E-state index in [1.807, 2.05) is 0 Å². The van der Waals surface area contributed by atoms with Crippen molar-refractivity contribution in [3.63, 3.8) is 0 Å². The molecule has 0 saturated heterocycles. The summed E-state index contributed by atoms with van der Waals surface area (Å²) >= 11 is 5.76. The second-order valence-corrected chi connectivity index (χ2v) is 3.79. The van der Waals surface area contributed by atoms with Crippen molar-refractivity contribution in [1.82, 2.24) is 10.2 Å². The molecule has 0 unspecified atom stereocenters. The van der Waals surface area contributed by atoms with Gasteiger partial charge in [-0.15, -0.1) is 0 Å². The lowest BCUT2D eigenvalue weighted by atomic mass is 10.1. The first-order valence-corrected chi connectivity index (χ1v) is 5.23. The third-order valence-electron chi connectivity index (χ3n) is 2.35. The molecule has 5 nitrogen and oxygen atoms in total. The largest absolute Gasteiger partial charge is 0.495 e. The number of carboxylic acid groups (broad SMARTS) is 1. The summed E-state index contributed by atoms with van der Waals surface area (Å²) in [6.07, 6.45) is 0. The van der Waals surface area contributed by atoms with E-state index >= 15 is 0 Å². The molecule has 0 radical (unpaired) electrons. The summed E-state index contributed by atoms with van der Waals surface area (Å²) < 4.78 is 18.8. The molecule has 0 fully saturated rings. The summed E-state index contributed by atoms with van der Waals surface area (Å²) in [6.45, 7) is 0. The highest BCUT2D eigenvalue weighted by molar-refractivity contribution is 6.32. The van der Waals surface area contributed by atoms with Crippen LogP contribution in [0.3, 0.4) is 0 Å². The van der Waals surface area contributed by atoms with Gasteiger partial charge in [-0.2, -0.15) is 5.10 Å². The Balaban J connectivity index is 2.50. The van der Waals surface area contributed by atoms with Gasteiger partial charge in [0.05, 0.1) is 12.8 Å². The first kappa shape index (κ1) is 12.4. The molecule has 1 heterocycles. The van der Waals surface area contributed by atoms with Crippen LogP contribution >= 0.6 is 11.6 Å². The van der Waals surface area contributed by atoms with Gasteiger partial charge in [0.25, 0.3) is 0 Å². The summed E-state index contributed by atoms with van der Waals surface area (Å²) in [5.74, 6) is -1.68. The number of carboxylic acids is 1. The molecule has 0 atom stereocenters. The first-order valence-electron chi connectivity index (χ1n) is 4.85. The zero-order valence-corrected chi connectivity index (χ0v) is 9.95. The minimum Gasteiger partial charge on any atom is -0.495 e. The van der Waals surface area contributed by atoms with Gasteiger partial charge in [0, 0.05) is 5.56 Å². The number of benzene rings is 1. The molecule has 0 amide bonds. The van der Waals surface area contributed by atoms with Gasteiger partial charge in [-0.3, -0.25) is 5.10 Å². The topological polar surface area (TPSA) is 75.2 Å². The fourth-order valence-corrected chi connectivity index (χ4v) is 1.70. The highest BCUT2D eigenvalue weighted by atomic mass is 35.5. The average molecular weight is 271 g/mol. The number of methoxy groups -OCH3 is 1. The van der Waals surface area contributed by atoms with Crippen molar-refractivity contribution in [3.8, 4) is 17.0 Å². The van der Waals surface area contributed by atoms with E-state index in [1.165, 1.54) is 25.3 Å². The fraction of sp³-hybridized carbons (Fsp3) is 0.0909. The number of aromatic carboxylic acids is 1. The molecule has 94 valence electrons. The summed E-state index contributed by atoms with van der Waals surface area (Å²) in [4.78, 5) is 10.7. The van der Waals surface area contributed by atoms with Crippen molar-refractivity contribution in [2.45, 2.75) is 0 Å². The lowest BCUT2D eigenvalue weighted by Gasteiger charge is -2.06. The summed E-state index contributed by atoms with van der Waals surface area (Å²) in [6, 6.07) is 4.13. The molecule has 0 aliphatic rings. The molecule has 0 aliphatic carbocycles. The van der Waals surface area contributed by atoms with Crippen molar-refractivity contribution in [2.75, 3.05) is 7.11 Å². The number of halogens is 2. The third kappa shape index (κ3) is 2.02. The molecule has 0 saturated carbocycles. The molecule has 0 aliphatic heterocycles. The smallest absolute Gasteiger partial charge is 0.353 e. The van der Waals surface area contributed by atoms with Crippen molar-refractivity contribution < 1.29 is 19.0 Å². The van der Waals surface area contributed by atoms with E-state index in [4.69, 9.17) is 21.4 Å². The molecular formula is C11H8ClFN2O3. The molecule has 1 aromatic carbocycles. The van der Waals surface area contributed by atoms with Crippen molar-refractivity contribution in [3.05, 3.63) is 34.7 Å². The Morgan fingerprint density at radius 2 is 2.28 bits per heavy atom. The van der Waals surface area contributed by atoms with Gasteiger partial charge < -0.3 is 9.84 Å². The van der Waals surface area contributed by atoms with Crippen molar-refractivity contribution in [1.29, 1.82) is 0 Å². The maximum Gasteiger partial charge on any atom is 0.353 e. The van der Waals surface area contributed by atoms with Crippen LogP contribution in [0.15, 0.2) is 18.2 Å². The number of nitrogens with zero attached hydrogens (tertiary/aromatic N) is 1. The number of rotatable bonds is 3. The van der Waals surface area contributed by atoms with E-state index in [0.717, 1.165) is 0 Å². The quantitative estimate of drug-likeness (QED) is 0.899. The Labute approximate surface area is 106 Å². The number of H-pyrrole nitrogens is 1. The van der Waals surface area contributed by atoms with E-state index in [-0.39, 0.29) is 27.7 Å². The molecule has 18 heavy (non-hydrogen) atoms. The predicted octanol–water partition coefficient (Wildman–Crippen LogP) is 2.58. The van der Waals surface area contributed by atoms with Gasteiger partial charge in [-0.05, 0) is 18.2 Å². The lowest BCUT2D eigenvalue weighted by Crippen LogP contribution is -1.95. The Hall–Kier alpha value is -2.08. The minimum atomic E-state index is -1.17. The molecule has 2 aromatic rings.